The second kappa shape index (κ2) is 6.93. The van der Waals surface area contributed by atoms with Crippen LogP contribution in [0.4, 0.5) is 0 Å². The van der Waals surface area contributed by atoms with Gasteiger partial charge in [-0.1, -0.05) is 58.9 Å². The Kier molecular flexibility index (Phi) is 5.45. The van der Waals surface area contributed by atoms with Crippen molar-refractivity contribution in [3.8, 4) is 0 Å². The highest BCUT2D eigenvalue weighted by atomic mass is 15.2. The molecule has 1 aliphatic rings. The predicted octanol–water partition coefficient (Wildman–Crippen LogP) is 3.80. The topological polar surface area (TPSA) is 15.3 Å². The summed E-state index contributed by atoms with van der Waals surface area (Å²) in [7, 11) is 0. The number of hydrogen-bond acceptors (Lipinski definition) is 2. The van der Waals surface area contributed by atoms with Gasteiger partial charge in [0.2, 0.25) is 0 Å². The summed E-state index contributed by atoms with van der Waals surface area (Å²) in [5.74, 6) is 0.772. The highest BCUT2D eigenvalue weighted by Crippen LogP contribution is 2.22. The van der Waals surface area contributed by atoms with Crippen molar-refractivity contribution in [1.29, 1.82) is 0 Å². The van der Waals surface area contributed by atoms with Crippen LogP contribution in [0.15, 0.2) is 24.3 Å². The van der Waals surface area contributed by atoms with Crippen LogP contribution in [0.5, 0.6) is 0 Å². The van der Waals surface area contributed by atoms with Crippen LogP contribution in [-0.4, -0.2) is 30.6 Å². The van der Waals surface area contributed by atoms with Crippen LogP contribution in [-0.2, 0) is 12.0 Å². The molecule has 0 aromatic heterocycles. The molecule has 1 unspecified atom stereocenters. The standard InChI is InChI=1S/C19H32N2/c1-15(2)12-18-14-21(11-10-20-18)13-16-6-8-17(9-7-16)19(3,4)5/h6-9,15,18,20H,10-14H2,1-5H3. The zero-order valence-electron chi connectivity index (χ0n) is 14.4. The molecule has 0 amide bonds. The minimum Gasteiger partial charge on any atom is -0.311 e. The fourth-order valence-electron chi connectivity index (χ4n) is 3.13. The van der Waals surface area contributed by atoms with Gasteiger partial charge < -0.3 is 5.32 Å². The van der Waals surface area contributed by atoms with Crippen LogP contribution < -0.4 is 5.32 Å². The Balaban J connectivity index is 1.92. The van der Waals surface area contributed by atoms with Crippen molar-refractivity contribution in [1.82, 2.24) is 10.2 Å². The van der Waals surface area contributed by atoms with Crippen molar-refractivity contribution in [2.75, 3.05) is 19.6 Å². The van der Waals surface area contributed by atoms with Crippen molar-refractivity contribution < 1.29 is 0 Å². The minimum atomic E-state index is 0.246. The first kappa shape index (κ1) is 16.5. The lowest BCUT2D eigenvalue weighted by Crippen LogP contribution is -2.50. The molecule has 1 atom stereocenters. The van der Waals surface area contributed by atoms with Gasteiger partial charge in [0.15, 0.2) is 0 Å². The lowest BCUT2D eigenvalue weighted by molar-refractivity contribution is 0.179. The Morgan fingerprint density at radius 3 is 2.43 bits per heavy atom. The van der Waals surface area contributed by atoms with Crippen molar-refractivity contribution in [2.24, 2.45) is 5.92 Å². The molecular formula is C19H32N2. The van der Waals surface area contributed by atoms with Gasteiger partial charge in [-0.2, -0.15) is 0 Å². The number of rotatable bonds is 4. The third-order valence-electron chi connectivity index (χ3n) is 4.32. The van der Waals surface area contributed by atoms with Crippen LogP contribution in [0.3, 0.4) is 0 Å². The first-order valence-electron chi connectivity index (χ1n) is 8.40. The summed E-state index contributed by atoms with van der Waals surface area (Å²) in [5.41, 5.74) is 3.10. The highest BCUT2D eigenvalue weighted by Gasteiger charge is 2.20. The minimum absolute atomic E-state index is 0.246. The average Bonchev–Trinajstić information content (AvgIpc) is 2.38. The summed E-state index contributed by atoms with van der Waals surface area (Å²) in [5, 5.41) is 3.65. The van der Waals surface area contributed by atoms with E-state index in [1.54, 1.807) is 0 Å². The number of hydrogen-bond donors (Lipinski definition) is 1. The second-order valence-corrected chi connectivity index (χ2v) is 7.96. The normalized spacial score (nSPS) is 21.0. The van der Waals surface area contributed by atoms with E-state index in [1.807, 2.05) is 0 Å². The summed E-state index contributed by atoms with van der Waals surface area (Å²) in [4.78, 5) is 2.59. The van der Waals surface area contributed by atoms with Gasteiger partial charge in [-0.15, -0.1) is 0 Å². The molecule has 0 aliphatic carbocycles. The Morgan fingerprint density at radius 1 is 1.19 bits per heavy atom. The van der Waals surface area contributed by atoms with Crippen LogP contribution in [0.25, 0.3) is 0 Å². The van der Waals surface area contributed by atoms with Gasteiger partial charge in [-0.25, -0.2) is 0 Å². The smallest absolute Gasteiger partial charge is 0.0234 e. The van der Waals surface area contributed by atoms with Gasteiger partial charge in [-0.3, -0.25) is 4.90 Å². The maximum absolute atomic E-state index is 3.65. The van der Waals surface area contributed by atoms with Gasteiger partial charge >= 0.3 is 0 Å². The quantitative estimate of drug-likeness (QED) is 0.906. The van der Waals surface area contributed by atoms with Crippen molar-refractivity contribution in [2.45, 2.75) is 59.0 Å². The molecule has 118 valence electrons. The molecule has 21 heavy (non-hydrogen) atoms. The summed E-state index contributed by atoms with van der Waals surface area (Å²) >= 11 is 0. The molecule has 2 nitrogen and oxygen atoms in total. The fourth-order valence-corrected chi connectivity index (χ4v) is 3.13. The lowest BCUT2D eigenvalue weighted by atomic mass is 9.87. The first-order chi connectivity index (χ1) is 9.84. The maximum atomic E-state index is 3.65. The first-order valence-corrected chi connectivity index (χ1v) is 8.40. The van der Waals surface area contributed by atoms with Gasteiger partial charge in [0.1, 0.15) is 0 Å². The summed E-state index contributed by atoms with van der Waals surface area (Å²) in [6.45, 7) is 16.0. The monoisotopic (exact) mass is 288 g/mol. The third kappa shape index (κ3) is 5.12. The van der Waals surface area contributed by atoms with Crippen LogP contribution in [0, 0.1) is 5.92 Å². The summed E-state index contributed by atoms with van der Waals surface area (Å²) < 4.78 is 0. The van der Waals surface area contributed by atoms with Crippen molar-refractivity contribution >= 4 is 0 Å². The van der Waals surface area contributed by atoms with Crippen LogP contribution >= 0.6 is 0 Å². The summed E-state index contributed by atoms with van der Waals surface area (Å²) in [6.07, 6.45) is 1.28. The third-order valence-corrected chi connectivity index (χ3v) is 4.32. The van der Waals surface area contributed by atoms with Gasteiger partial charge in [0.25, 0.3) is 0 Å². The van der Waals surface area contributed by atoms with Crippen LogP contribution in [0.1, 0.15) is 52.2 Å². The predicted molar refractivity (Wildman–Crippen MR) is 91.7 cm³/mol. The van der Waals surface area contributed by atoms with E-state index in [9.17, 15) is 0 Å². The summed E-state index contributed by atoms with van der Waals surface area (Å²) in [6, 6.07) is 9.86. The molecule has 0 bridgehead atoms. The molecule has 1 aromatic carbocycles. The van der Waals surface area contributed by atoms with Gasteiger partial charge in [0.05, 0.1) is 0 Å². The molecule has 1 saturated heterocycles. The number of piperazine rings is 1. The lowest BCUT2D eigenvalue weighted by Gasteiger charge is -2.34. The fraction of sp³-hybridized carbons (Fsp3) is 0.684. The van der Waals surface area contributed by atoms with Gasteiger partial charge in [-0.05, 0) is 28.9 Å². The molecule has 1 fully saturated rings. The van der Waals surface area contributed by atoms with E-state index in [2.05, 4.69) is 69.1 Å². The van der Waals surface area contributed by atoms with E-state index < -0.39 is 0 Å². The molecule has 2 rings (SSSR count). The zero-order chi connectivity index (χ0) is 15.5. The van der Waals surface area contributed by atoms with E-state index in [1.165, 1.54) is 24.1 Å². The molecule has 1 aromatic rings. The SMILES string of the molecule is CC(C)CC1CN(Cc2ccc(C(C)(C)C)cc2)CCN1. The average molecular weight is 288 g/mol. The molecule has 2 heteroatoms. The van der Waals surface area contributed by atoms with Crippen molar-refractivity contribution in [3.05, 3.63) is 35.4 Å². The highest BCUT2D eigenvalue weighted by molar-refractivity contribution is 5.27. The number of nitrogens with one attached hydrogen (secondary N) is 1. The maximum Gasteiger partial charge on any atom is 0.0234 e. The molecule has 1 heterocycles. The molecule has 0 saturated carbocycles. The second-order valence-electron chi connectivity index (χ2n) is 7.96. The Labute approximate surface area is 130 Å². The number of benzene rings is 1. The zero-order valence-corrected chi connectivity index (χ0v) is 14.4. The molecule has 0 radical (unpaired) electrons. The molecule has 0 spiro atoms. The van der Waals surface area contributed by atoms with E-state index in [-0.39, 0.29) is 5.41 Å². The van der Waals surface area contributed by atoms with Crippen molar-refractivity contribution in [3.63, 3.8) is 0 Å². The molecule has 1 N–H and O–H groups in total. The van der Waals surface area contributed by atoms with Crippen LogP contribution in [0.2, 0.25) is 0 Å². The molecular weight excluding hydrogens is 256 g/mol. The number of nitrogens with zero attached hydrogens (tertiary/aromatic N) is 1. The Hall–Kier alpha value is -0.860. The van der Waals surface area contributed by atoms with E-state index >= 15 is 0 Å². The van der Waals surface area contributed by atoms with Gasteiger partial charge in [0, 0.05) is 32.2 Å². The van der Waals surface area contributed by atoms with E-state index in [4.69, 9.17) is 0 Å². The Morgan fingerprint density at radius 2 is 1.86 bits per heavy atom. The van der Waals surface area contributed by atoms with E-state index in [0.717, 1.165) is 25.6 Å². The van der Waals surface area contributed by atoms with E-state index in [0.29, 0.717) is 6.04 Å². The molecule has 1 aliphatic heterocycles. The Bertz CT molecular complexity index is 428. The largest absolute Gasteiger partial charge is 0.311 e.